The first-order chi connectivity index (χ1) is 19.2. The predicted molar refractivity (Wildman–Crippen MR) is 79.1 cm³/mol. The highest BCUT2D eigenvalue weighted by Gasteiger charge is 2.96. The molecule has 0 amide bonds. The number of alkyl halides is 27. The van der Waals surface area contributed by atoms with Gasteiger partial charge in [-0.3, -0.25) is 4.55 Å². The maximum Gasteiger partial charge on any atom is 0.460 e. The van der Waals surface area contributed by atoms with Crippen molar-refractivity contribution in [3.8, 4) is 0 Å². The maximum atomic E-state index is 13.5. The van der Waals surface area contributed by atoms with E-state index in [1.54, 1.807) is 0 Å². The Morgan fingerprint density at radius 1 is 0.326 bits per heavy atom. The van der Waals surface area contributed by atoms with E-state index in [1.165, 1.54) is 0 Å². The van der Waals surface area contributed by atoms with E-state index in [0.29, 0.717) is 0 Å². The van der Waals surface area contributed by atoms with Crippen molar-refractivity contribution in [3.05, 3.63) is 0 Å². The molecule has 0 saturated carbocycles. The highest BCUT2D eigenvalue weighted by atomic mass is 32.2. The predicted octanol–water partition coefficient (Wildman–Crippen LogP) is 7.88. The van der Waals surface area contributed by atoms with Gasteiger partial charge in [0.25, 0.3) is 0 Å². The molecular formula is C13HF27O5S. The van der Waals surface area contributed by atoms with Crippen LogP contribution >= 0.6 is 0 Å². The van der Waals surface area contributed by atoms with Crippen molar-refractivity contribution in [1.82, 2.24) is 0 Å². The van der Waals surface area contributed by atoms with Gasteiger partial charge in [-0.25, -0.2) is 9.47 Å². The van der Waals surface area contributed by atoms with Gasteiger partial charge < -0.3 is 0 Å². The summed E-state index contributed by atoms with van der Waals surface area (Å²) in [6.45, 7) is 0. The van der Waals surface area contributed by atoms with Gasteiger partial charge in [0.05, 0.1) is 0 Å². The number of hydrogen-bond donors (Lipinski definition) is 1. The molecule has 0 aliphatic heterocycles. The Kier molecular flexibility index (Phi) is 10.2. The third kappa shape index (κ3) is 5.92. The third-order valence-corrected chi connectivity index (χ3v) is 5.50. The topological polar surface area (TPSA) is 72.8 Å². The molecule has 0 aromatic heterocycles. The monoisotopic (exact) mass is 782 g/mol. The average molecular weight is 782 g/mol. The molecule has 0 saturated heterocycles. The van der Waals surface area contributed by atoms with Crippen LogP contribution in [-0.2, 0) is 19.6 Å². The van der Waals surface area contributed by atoms with Crippen LogP contribution in [-0.4, -0.2) is 90.3 Å². The summed E-state index contributed by atoms with van der Waals surface area (Å²) >= 11 is 0. The van der Waals surface area contributed by atoms with Gasteiger partial charge in [0.2, 0.25) is 0 Å². The van der Waals surface area contributed by atoms with Crippen LogP contribution in [0.2, 0.25) is 0 Å². The standard InChI is InChI=1S/C13HF27O5S/c14-1(15,3(18,19)5(22,23)8(28,29)30)2(16,17)4(20,21)6(24,25)9(31,32)44-11(35,36)12(37,38)45-10(33,34)7(26,27)13(39,40)46(41,42)43/h(H,41,42,43). The normalized spacial score (nSPS) is 17.0. The molecule has 0 bridgehead atoms. The van der Waals surface area contributed by atoms with E-state index in [-0.39, 0.29) is 0 Å². The lowest BCUT2D eigenvalue weighted by molar-refractivity contribution is -0.555. The van der Waals surface area contributed by atoms with Crippen molar-refractivity contribution in [2.45, 2.75) is 77.3 Å². The van der Waals surface area contributed by atoms with E-state index in [9.17, 15) is 127 Å². The molecule has 0 rings (SSSR count). The number of ether oxygens (including phenoxy) is 2. The molecule has 0 aromatic rings. The fourth-order valence-corrected chi connectivity index (χ4v) is 2.49. The Bertz CT molecular complexity index is 1230. The zero-order valence-electron chi connectivity index (χ0n) is 19.2. The molecule has 0 spiro atoms. The number of hydrogen-bond acceptors (Lipinski definition) is 4. The molecule has 33 heteroatoms. The smallest absolute Gasteiger partial charge is 0.281 e. The molecule has 0 aliphatic carbocycles. The highest BCUT2D eigenvalue weighted by molar-refractivity contribution is 7.87. The van der Waals surface area contributed by atoms with Crippen LogP contribution in [0, 0.1) is 0 Å². The first kappa shape index (κ1) is 43.9. The van der Waals surface area contributed by atoms with Gasteiger partial charge in [0.1, 0.15) is 0 Å². The number of rotatable bonds is 14. The molecule has 0 atom stereocenters. The fraction of sp³-hybridized carbons (Fsp3) is 1.00. The summed E-state index contributed by atoms with van der Waals surface area (Å²) < 4.78 is 382. The van der Waals surface area contributed by atoms with Gasteiger partial charge >= 0.3 is 87.4 Å². The van der Waals surface area contributed by atoms with Crippen LogP contribution in [0.25, 0.3) is 0 Å². The van der Waals surface area contributed by atoms with Crippen LogP contribution in [0.4, 0.5) is 119 Å². The van der Waals surface area contributed by atoms with E-state index in [4.69, 9.17) is 4.55 Å². The Morgan fingerprint density at radius 2 is 0.543 bits per heavy atom. The van der Waals surface area contributed by atoms with Crippen LogP contribution in [0.15, 0.2) is 0 Å². The van der Waals surface area contributed by atoms with E-state index in [0.717, 1.165) is 9.47 Å². The van der Waals surface area contributed by atoms with E-state index >= 15 is 0 Å². The molecule has 0 unspecified atom stereocenters. The van der Waals surface area contributed by atoms with Gasteiger partial charge in [-0.2, -0.15) is 127 Å². The Morgan fingerprint density at radius 3 is 0.783 bits per heavy atom. The molecular weight excluding hydrogens is 781 g/mol. The summed E-state index contributed by atoms with van der Waals surface area (Å²) in [5.41, 5.74) is 0. The van der Waals surface area contributed by atoms with Crippen LogP contribution in [0.3, 0.4) is 0 Å². The van der Waals surface area contributed by atoms with Gasteiger partial charge in [-0.15, -0.1) is 0 Å². The molecule has 0 aromatic carbocycles. The van der Waals surface area contributed by atoms with Gasteiger partial charge in [0, 0.05) is 0 Å². The Hall–Kier alpha value is -2.06. The van der Waals surface area contributed by atoms with Crippen molar-refractivity contribution in [1.29, 1.82) is 0 Å². The quantitative estimate of drug-likeness (QED) is 0.144. The summed E-state index contributed by atoms with van der Waals surface area (Å²) in [6.07, 6.45) is -42.6. The number of halogens is 27. The molecule has 0 radical (unpaired) electrons. The SMILES string of the molecule is O=S(=O)(O)C(F)(F)C(F)(F)C(F)(F)OC(F)(F)C(F)(F)OC(F)(F)C(F)(F)C(F)(F)C(F)(F)C(F)(F)C(F)(F)C(F)(F)C(F)(F)F. The maximum absolute atomic E-state index is 13.5. The molecule has 0 fully saturated rings. The highest BCUT2D eigenvalue weighted by Crippen LogP contribution is 2.65. The Balaban J connectivity index is 6.95. The largest absolute Gasteiger partial charge is 0.460 e. The summed E-state index contributed by atoms with van der Waals surface area (Å²) in [5.74, 6) is -63.8. The zero-order valence-corrected chi connectivity index (χ0v) is 20.0. The molecule has 1 N–H and O–H groups in total. The van der Waals surface area contributed by atoms with Crippen LogP contribution < -0.4 is 0 Å². The molecule has 46 heavy (non-hydrogen) atoms. The second kappa shape index (κ2) is 10.7. The lowest BCUT2D eigenvalue weighted by Gasteiger charge is -2.43. The van der Waals surface area contributed by atoms with Gasteiger partial charge in [0.15, 0.2) is 0 Å². The summed E-state index contributed by atoms with van der Waals surface area (Å²) in [7, 11) is -7.96. The summed E-state index contributed by atoms with van der Waals surface area (Å²) in [6, 6.07) is 0. The minimum Gasteiger partial charge on any atom is -0.281 e. The van der Waals surface area contributed by atoms with Crippen LogP contribution in [0.5, 0.6) is 0 Å². The van der Waals surface area contributed by atoms with Gasteiger partial charge in [-0.05, 0) is 0 Å². The van der Waals surface area contributed by atoms with E-state index in [1.807, 2.05) is 0 Å². The average Bonchev–Trinajstić information content (AvgIpc) is 2.74. The lowest BCUT2D eigenvalue weighted by Crippen LogP contribution is -2.75. The van der Waals surface area contributed by atoms with Crippen molar-refractivity contribution < 1.29 is 141 Å². The van der Waals surface area contributed by atoms with Crippen molar-refractivity contribution in [2.24, 2.45) is 0 Å². The second-order valence-electron chi connectivity index (χ2n) is 7.78. The molecule has 0 heterocycles. The minimum atomic E-state index is -9.50. The summed E-state index contributed by atoms with van der Waals surface area (Å²) in [5, 5.41) is -7.82. The third-order valence-electron chi connectivity index (χ3n) is 4.60. The molecule has 278 valence electrons. The van der Waals surface area contributed by atoms with E-state index in [2.05, 4.69) is 0 Å². The van der Waals surface area contributed by atoms with Gasteiger partial charge in [-0.1, -0.05) is 0 Å². The van der Waals surface area contributed by atoms with Crippen molar-refractivity contribution >= 4 is 10.1 Å². The Labute approximate surface area is 229 Å². The first-order valence-corrected chi connectivity index (χ1v) is 10.6. The fourth-order valence-electron chi connectivity index (χ4n) is 2.05. The zero-order chi connectivity index (χ0) is 38.4. The van der Waals surface area contributed by atoms with Crippen molar-refractivity contribution in [2.75, 3.05) is 0 Å². The first-order valence-electron chi connectivity index (χ1n) is 9.14. The minimum absolute atomic E-state index is 0.769. The van der Waals surface area contributed by atoms with E-state index < -0.39 is 87.4 Å². The summed E-state index contributed by atoms with van der Waals surface area (Å²) in [4.78, 5) is 0. The second-order valence-corrected chi connectivity index (χ2v) is 9.24. The lowest BCUT2D eigenvalue weighted by atomic mass is 9.90. The molecule has 5 nitrogen and oxygen atoms in total. The molecule has 0 aliphatic rings. The van der Waals surface area contributed by atoms with Crippen LogP contribution in [0.1, 0.15) is 0 Å². The van der Waals surface area contributed by atoms with Crippen molar-refractivity contribution in [3.63, 3.8) is 0 Å².